The molecule has 2 aromatic heterocycles. The minimum atomic E-state index is -0.313. The van der Waals surface area contributed by atoms with Crippen LogP contribution >= 0.6 is 0 Å². The van der Waals surface area contributed by atoms with Crippen molar-refractivity contribution in [3.8, 4) is 0 Å². The summed E-state index contributed by atoms with van der Waals surface area (Å²) in [5.74, 6) is 1.45. The average molecular weight is 275 g/mol. The summed E-state index contributed by atoms with van der Waals surface area (Å²) in [6.07, 6.45) is 5.51. The first-order chi connectivity index (χ1) is 9.67. The quantitative estimate of drug-likeness (QED) is 0.896. The van der Waals surface area contributed by atoms with Crippen molar-refractivity contribution in [2.45, 2.75) is 45.2 Å². The predicted octanol–water partition coefficient (Wildman–Crippen LogP) is 1.65. The molecule has 1 atom stereocenters. The molecule has 7 heteroatoms. The highest BCUT2D eigenvalue weighted by Gasteiger charge is 2.29. The smallest absolute Gasteiger partial charge is 0.255 e. The molecule has 1 aliphatic rings. The third-order valence-electron chi connectivity index (χ3n) is 3.34. The second-order valence-electron chi connectivity index (χ2n) is 5.04. The van der Waals surface area contributed by atoms with Crippen LogP contribution < -0.4 is 5.32 Å². The van der Waals surface area contributed by atoms with Crippen LogP contribution in [-0.4, -0.2) is 25.8 Å². The highest BCUT2D eigenvalue weighted by atomic mass is 16.5. The molecule has 1 fully saturated rings. The SMILES string of the molecule is CCn1cc(C(=O)N[C@H](C)c2nc(C3CC3)no2)cn1. The fourth-order valence-electron chi connectivity index (χ4n) is 1.93. The van der Waals surface area contributed by atoms with Crippen molar-refractivity contribution in [2.24, 2.45) is 0 Å². The fourth-order valence-corrected chi connectivity index (χ4v) is 1.93. The Kier molecular flexibility index (Phi) is 3.25. The molecule has 2 aromatic rings. The maximum Gasteiger partial charge on any atom is 0.255 e. The molecule has 2 heterocycles. The zero-order chi connectivity index (χ0) is 14.1. The van der Waals surface area contributed by atoms with E-state index < -0.39 is 0 Å². The van der Waals surface area contributed by atoms with Crippen molar-refractivity contribution in [1.82, 2.24) is 25.2 Å². The Balaban J connectivity index is 1.64. The Morgan fingerprint density at radius 2 is 2.40 bits per heavy atom. The molecule has 106 valence electrons. The van der Waals surface area contributed by atoms with Gasteiger partial charge in [0, 0.05) is 18.7 Å². The van der Waals surface area contributed by atoms with Crippen LogP contribution in [0.5, 0.6) is 0 Å². The van der Waals surface area contributed by atoms with E-state index in [1.54, 1.807) is 17.1 Å². The van der Waals surface area contributed by atoms with Gasteiger partial charge in [-0.3, -0.25) is 9.48 Å². The van der Waals surface area contributed by atoms with E-state index >= 15 is 0 Å². The molecular formula is C13H17N5O2. The van der Waals surface area contributed by atoms with Crippen LogP contribution in [0.2, 0.25) is 0 Å². The Hall–Kier alpha value is -2.18. The van der Waals surface area contributed by atoms with Crippen molar-refractivity contribution < 1.29 is 9.32 Å². The molecule has 1 saturated carbocycles. The van der Waals surface area contributed by atoms with E-state index in [1.165, 1.54) is 0 Å². The van der Waals surface area contributed by atoms with Crippen molar-refractivity contribution >= 4 is 5.91 Å². The predicted molar refractivity (Wildman–Crippen MR) is 70.1 cm³/mol. The number of aromatic nitrogens is 4. The largest absolute Gasteiger partial charge is 0.340 e. The number of hydrogen-bond acceptors (Lipinski definition) is 5. The minimum absolute atomic E-state index is 0.191. The molecule has 0 spiro atoms. The Labute approximate surface area is 116 Å². The summed E-state index contributed by atoms with van der Waals surface area (Å²) in [5, 5.41) is 10.9. The zero-order valence-electron chi connectivity index (χ0n) is 11.5. The van der Waals surface area contributed by atoms with Gasteiger partial charge in [-0.2, -0.15) is 10.1 Å². The molecule has 1 amide bonds. The second-order valence-corrected chi connectivity index (χ2v) is 5.04. The van der Waals surface area contributed by atoms with Crippen molar-refractivity contribution in [3.05, 3.63) is 29.7 Å². The Morgan fingerprint density at radius 1 is 1.60 bits per heavy atom. The van der Waals surface area contributed by atoms with Gasteiger partial charge in [0.1, 0.15) is 6.04 Å². The van der Waals surface area contributed by atoms with Crippen LogP contribution in [0, 0.1) is 0 Å². The summed E-state index contributed by atoms with van der Waals surface area (Å²) in [7, 11) is 0. The number of nitrogens with zero attached hydrogens (tertiary/aromatic N) is 4. The summed E-state index contributed by atoms with van der Waals surface area (Å²) in [6, 6.07) is -0.313. The van der Waals surface area contributed by atoms with Gasteiger partial charge in [0.15, 0.2) is 5.82 Å². The van der Waals surface area contributed by atoms with Gasteiger partial charge in [0.05, 0.1) is 11.8 Å². The lowest BCUT2D eigenvalue weighted by atomic mass is 10.3. The van der Waals surface area contributed by atoms with E-state index in [4.69, 9.17) is 4.52 Å². The zero-order valence-corrected chi connectivity index (χ0v) is 11.5. The minimum Gasteiger partial charge on any atom is -0.340 e. The van der Waals surface area contributed by atoms with Crippen molar-refractivity contribution in [2.75, 3.05) is 0 Å². The third-order valence-corrected chi connectivity index (χ3v) is 3.34. The van der Waals surface area contributed by atoms with E-state index in [1.807, 2.05) is 13.8 Å². The maximum atomic E-state index is 12.1. The molecule has 3 rings (SSSR count). The molecule has 0 aromatic carbocycles. The lowest BCUT2D eigenvalue weighted by Crippen LogP contribution is -2.26. The first-order valence-electron chi connectivity index (χ1n) is 6.84. The average Bonchev–Trinajstić information content (AvgIpc) is 3.00. The van der Waals surface area contributed by atoms with Gasteiger partial charge in [-0.15, -0.1) is 0 Å². The molecule has 0 bridgehead atoms. The van der Waals surface area contributed by atoms with Crippen LogP contribution in [0.1, 0.15) is 60.7 Å². The van der Waals surface area contributed by atoms with Crippen LogP contribution in [0.4, 0.5) is 0 Å². The van der Waals surface area contributed by atoms with Crippen LogP contribution in [0.3, 0.4) is 0 Å². The van der Waals surface area contributed by atoms with Gasteiger partial charge in [0.2, 0.25) is 5.89 Å². The molecule has 1 aliphatic carbocycles. The number of rotatable bonds is 5. The highest BCUT2D eigenvalue weighted by molar-refractivity contribution is 5.93. The lowest BCUT2D eigenvalue weighted by molar-refractivity contribution is 0.0932. The molecule has 0 radical (unpaired) electrons. The topological polar surface area (TPSA) is 85.8 Å². The Bertz CT molecular complexity index is 614. The van der Waals surface area contributed by atoms with E-state index in [2.05, 4.69) is 20.6 Å². The molecular weight excluding hydrogens is 258 g/mol. The van der Waals surface area contributed by atoms with Gasteiger partial charge in [0.25, 0.3) is 5.91 Å². The number of carbonyl (C=O) groups excluding carboxylic acids is 1. The van der Waals surface area contributed by atoms with Crippen LogP contribution in [0.15, 0.2) is 16.9 Å². The summed E-state index contributed by atoms with van der Waals surface area (Å²) < 4.78 is 6.90. The second kappa shape index (κ2) is 5.07. The van der Waals surface area contributed by atoms with E-state index in [-0.39, 0.29) is 11.9 Å². The molecule has 20 heavy (non-hydrogen) atoms. The van der Waals surface area contributed by atoms with Crippen molar-refractivity contribution in [3.63, 3.8) is 0 Å². The van der Waals surface area contributed by atoms with Gasteiger partial charge in [-0.1, -0.05) is 5.16 Å². The standard InChI is InChI=1S/C13H17N5O2/c1-3-18-7-10(6-14-18)12(19)15-8(2)13-16-11(17-20-13)9-4-5-9/h6-9H,3-5H2,1-2H3,(H,15,19)/t8-/m1/s1. The maximum absolute atomic E-state index is 12.1. The first kappa shape index (κ1) is 12.8. The van der Waals surface area contributed by atoms with E-state index in [9.17, 15) is 4.79 Å². The van der Waals surface area contributed by atoms with Gasteiger partial charge in [-0.25, -0.2) is 0 Å². The van der Waals surface area contributed by atoms with Crippen LogP contribution in [0.25, 0.3) is 0 Å². The summed E-state index contributed by atoms with van der Waals surface area (Å²) in [6.45, 7) is 4.53. The van der Waals surface area contributed by atoms with Crippen LogP contribution in [-0.2, 0) is 6.54 Å². The van der Waals surface area contributed by atoms with E-state index in [0.717, 1.165) is 25.2 Å². The molecule has 1 N–H and O–H groups in total. The highest BCUT2D eigenvalue weighted by Crippen LogP contribution is 2.38. The monoisotopic (exact) mass is 275 g/mol. The summed E-state index contributed by atoms with van der Waals surface area (Å²) >= 11 is 0. The number of aryl methyl sites for hydroxylation is 1. The molecule has 0 unspecified atom stereocenters. The molecule has 0 saturated heterocycles. The summed E-state index contributed by atoms with van der Waals surface area (Å²) in [4.78, 5) is 16.4. The molecule has 7 nitrogen and oxygen atoms in total. The van der Waals surface area contributed by atoms with Crippen molar-refractivity contribution in [1.29, 1.82) is 0 Å². The van der Waals surface area contributed by atoms with E-state index in [0.29, 0.717) is 17.4 Å². The van der Waals surface area contributed by atoms with Gasteiger partial charge in [-0.05, 0) is 26.7 Å². The lowest BCUT2D eigenvalue weighted by Gasteiger charge is -2.07. The number of hydrogen-bond donors (Lipinski definition) is 1. The fraction of sp³-hybridized carbons (Fsp3) is 0.538. The normalized spacial score (nSPS) is 16.1. The Morgan fingerprint density at radius 3 is 3.05 bits per heavy atom. The third kappa shape index (κ3) is 2.56. The number of nitrogens with one attached hydrogen (secondary N) is 1. The number of amides is 1. The first-order valence-corrected chi connectivity index (χ1v) is 6.84. The van der Waals surface area contributed by atoms with Gasteiger partial charge < -0.3 is 9.84 Å². The molecule has 0 aliphatic heterocycles. The number of carbonyl (C=O) groups is 1. The summed E-state index contributed by atoms with van der Waals surface area (Å²) in [5.41, 5.74) is 0.528. The van der Waals surface area contributed by atoms with Gasteiger partial charge >= 0.3 is 0 Å².